The Labute approximate surface area is 590 Å². The van der Waals surface area contributed by atoms with Crippen LogP contribution in [0.2, 0.25) is 0 Å². The van der Waals surface area contributed by atoms with Crippen molar-refractivity contribution in [2.24, 2.45) is 0 Å². The van der Waals surface area contributed by atoms with Crippen molar-refractivity contribution in [2.75, 3.05) is 52.9 Å². The number of nitriles is 11. The number of benzene rings is 4. The van der Waals surface area contributed by atoms with Gasteiger partial charge in [-0.05, 0) is 78.9 Å². The molecule has 4 aromatic heterocycles. The summed E-state index contributed by atoms with van der Waals surface area (Å²) in [4.78, 5) is 18.8. The lowest BCUT2D eigenvalue weighted by atomic mass is 10.1. The Hall–Kier alpha value is -17.3. The molecule has 0 saturated heterocycles. The molecule has 8 aromatic rings. The number of ether oxygens (including phenoxy) is 8. The summed E-state index contributed by atoms with van der Waals surface area (Å²) < 4.78 is 40.5. The van der Waals surface area contributed by atoms with Crippen molar-refractivity contribution in [3.63, 3.8) is 0 Å². The fraction of sp³-hybridized carbons (Fsp3) is 0.103. The van der Waals surface area contributed by atoms with Crippen molar-refractivity contribution < 1.29 is 37.9 Å². The third-order valence-corrected chi connectivity index (χ3v) is 10.5. The molecule has 4 heterocycles. The summed E-state index contributed by atoms with van der Waals surface area (Å²) in [5, 5.41) is 94.8. The second kappa shape index (κ2) is 53.2. The van der Waals surface area contributed by atoms with Crippen LogP contribution in [0.1, 0.15) is 61.6 Å². The summed E-state index contributed by atoms with van der Waals surface area (Å²) in [6, 6.07) is 52.2. The third-order valence-electron chi connectivity index (χ3n) is 10.5. The van der Waals surface area contributed by atoms with Crippen LogP contribution in [0.5, 0.6) is 46.3 Å². The fourth-order valence-corrected chi connectivity index (χ4v) is 6.28. The molecule has 4 aromatic carbocycles. The van der Waals surface area contributed by atoms with E-state index in [0.29, 0.717) is 85.0 Å². The molecular weight excluding hydrogens is 1290 g/mol. The zero-order valence-electron chi connectivity index (χ0n) is 53.6. The summed E-state index contributed by atoms with van der Waals surface area (Å²) in [7, 11) is 0. The van der Waals surface area contributed by atoms with Crippen molar-refractivity contribution in [1.82, 2.24) is 24.9 Å². The van der Waals surface area contributed by atoms with Gasteiger partial charge >= 0.3 is 0 Å². The maximum atomic E-state index is 8.80. The topological polar surface area (TPSA) is 400 Å². The van der Waals surface area contributed by atoms with Gasteiger partial charge < -0.3 is 37.9 Å². The SMILES string of the molecule is C#CCOc1cc(C#N)ccn1.C#CCOc1ccc(C#N)c(C#N)c1.C#CCOc1cccc(C#N)c1.C#CCOc1cccc(C#N)c1C#N.C#CCOc1ccccc1C#N.C#CCOc1ccnc(C#N)c1.C#CCOc1ccncc1C#N.C#CCOc1cnc(C#N)c(C#N)n1. The molecule has 0 spiro atoms. The van der Waals surface area contributed by atoms with Gasteiger partial charge in [0, 0.05) is 36.9 Å². The number of rotatable bonds is 16. The minimum absolute atomic E-state index is 0.0273. The molecule has 0 fully saturated rings. The molecule has 0 bridgehead atoms. The van der Waals surface area contributed by atoms with Crippen molar-refractivity contribution in [2.45, 2.75) is 0 Å². The van der Waals surface area contributed by atoms with Crippen molar-refractivity contribution in [3.05, 3.63) is 208 Å². The highest BCUT2D eigenvalue weighted by molar-refractivity contribution is 5.54. The molecule has 24 heteroatoms. The molecule has 0 radical (unpaired) electrons. The first-order chi connectivity index (χ1) is 49.8. The summed E-state index contributed by atoms with van der Waals surface area (Å²) in [6.45, 7) is 1.24. The van der Waals surface area contributed by atoms with Crippen molar-refractivity contribution in [3.8, 4) is 212 Å². The largest absolute Gasteiger partial charge is 0.481 e. The lowest BCUT2D eigenvalue weighted by molar-refractivity contribution is 0.353. The highest BCUT2D eigenvalue weighted by atomic mass is 16.5. The number of aromatic nitrogens is 5. The Morgan fingerprint density at radius 1 is 0.294 bits per heavy atom. The molecule has 24 nitrogen and oxygen atoms in total. The fourth-order valence-electron chi connectivity index (χ4n) is 6.28. The Morgan fingerprint density at radius 2 is 0.775 bits per heavy atom. The monoisotopic (exact) mass is 1340 g/mol. The molecule has 488 valence electrons. The minimum Gasteiger partial charge on any atom is -0.481 e. The van der Waals surface area contributed by atoms with Gasteiger partial charge in [-0.25, -0.2) is 15.0 Å². The Balaban J connectivity index is 0.000000583. The van der Waals surface area contributed by atoms with Crippen LogP contribution in [0.4, 0.5) is 0 Å². The Kier molecular flexibility index (Phi) is 43.1. The molecular formula is C78H48N16O8. The predicted octanol–water partition coefficient (Wildman–Crippen LogP) is 9.15. The van der Waals surface area contributed by atoms with Gasteiger partial charge in [0.2, 0.25) is 11.8 Å². The average molecular weight is 1340 g/mol. The van der Waals surface area contributed by atoms with Crippen LogP contribution >= 0.6 is 0 Å². The number of nitrogens with zero attached hydrogens (tertiary/aromatic N) is 16. The molecule has 102 heavy (non-hydrogen) atoms. The van der Waals surface area contributed by atoms with Crippen LogP contribution in [0.25, 0.3) is 0 Å². The number of terminal acetylenes is 8. The number of pyridine rings is 3. The molecule has 0 unspecified atom stereocenters. The smallest absolute Gasteiger partial charge is 0.234 e. The van der Waals surface area contributed by atoms with E-state index in [0.717, 1.165) is 0 Å². The van der Waals surface area contributed by atoms with E-state index in [-0.39, 0.29) is 75.7 Å². The first-order valence-electron chi connectivity index (χ1n) is 27.9. The van der Waals surface area contributed by atoms with Crippen LogP contribution in [0.3, 0.4) is 0 Å². The lowest BCUT2D eigenvalue weighted by Gasteiger charge is -2.04. The summed E-state index contributed by atoms with van der Waals surface area (Å²) in [6.07, 6.45) is 47.2. The second-order valence-corrected chi connectivity index (χ2v) is 17.1. The highest BCUT2D eigenvalue weighted by Gasteiger charge is 2.09. The van der Waals surface area contributed by atoms with Gasteiger partial charge in [-0.1, -0.05) is 71.6 Å². The standard InChI is InChI=1S/2C11H6N2O.2C10H7NO.C9H4N4O.3C9H6N2O/c1-2-6-14-11-5-3-4-9(7-12)10(11)8-13;1-2-5-14-11-4-3-9(7-12)10(6-11)8-13;1-2-7-12-10-6-4-3-5-9(10)8-11;1-2-6-12-10-5-3-4-9(7-10)8-11;1-2-3-14-9-6-12-7(4-10)8(5-11)13-9;1-2-5-12-9-3-4-11-7-8(9)6-10;1-2-5-12-9-3-4-11-8(6-9)7-10;1-2-5-12-9-6-8(7-10)3-4-11-9/h1,3-5H,6H2;1,3-4,6H,5H2;1,3-6H,7H2;1,3-5,7H,6H2;1,6H,3H2;1,3-4,7H,5H2;2*1,3-4,6H,5H2. The number of hydrogen-bond acceptors (Lipinski definition) is 24. The quantitative estimate of drug-likeness (QED) is 0.0813. The predicted molar refractivity (Wildman–Crippen MR) is 367 cm³/mol. The second-order valence-electron chi connectivity index (χ2n) is 17.1. The summed E-state index contributed by atoms with van der Waals surface area (Å²) in [5.74, 6) is 22.1. The molecule has 8 rings (SSSR count). The van der Waals surface area contributed by atoms with Gasteiger partial charge in [0.25, 0.3) is 0 Å². The first kappa shape index (κ1) is 82.7. The van der Waals surface area contributed by atoms with Gasteiger partial charge in [0.1, 0.15) is 146 Å². The van der Waals surface area contributed by atoms with Gasteiger partial charge in [0.05, 0.1) is 51.7 Å². The van der Waals surface area contributed by atoms with E-state index in [9.17, 15) is 0 Å². The minimum atomic E-state index is -0.0676. The zero-order chi connectivity index (χ0) is 75.2. The summed E-state index contributed by atoms with van der Waals surface area (Å²) in [5.41, 5.74) is 3.36. The van der Waals surface area contributed by atoms with Gasteiger partial charge in [-0.2, -0.15) is 62.9 Å². The lowest BCUT2D eigenvalue weighted by Crippen LogP contribution is -2.00. The van der Waals surface area contributed by atoms with Crippen LogP contribution in [0, 0.1) is 223 Å². The van der Waals surface area contributed by atoms with Crippen molar-refractivity contribution in [1.29, 1.82) is 57.9 Å². The van der Waals surface area contributed by atoms with E-state index in [1.165, 1.54) is 49.1 Å². The molecule has 0 atom stereocenters. The average Bonchev–Trinajstić information content (AvgIpc) is 0.907. The maximum absolute atomic E-state index is 8.80. The van der Waals surface area contributed by atoms with Crippen molar-refractivity contribution >= 4 is 0 Å². The van der Waals surface area contributed by atoms with E-state index < -0.39 is 0 Å². The first-order valence-corrected chi connectivity index (χ1v) is 27.9. The summed E-state index contributed by atoms with van der Waals surface area (Å²) >= 11 is 0. The highest BCUT2D eigenvalue weighted by Crippen LogP contribution is 2.22. The Morgan fingerprint density at radius 3 is 1.32 bits per heavy atom. The molecule has 0 aliphatic carbocycles. The van der Waals surface area contributed by atoms with Crippen LogP contribution in [-0.4, -0.2) is 77.8 Å². The van der Waals surface area contributed by atoms with E-state index in [1.54, 1.807) is 109 Å². The van der Waals surface area contributed by atoms with E-state index in [2.05, 4.69) is 72.3 Å². The molecule has 0 amide bonds. The van der Waals surface area contributed by atoms with Gasteiger partial charge in [0.15, 0.2) is 24.6 Å². The van der Waals surface area contributed by atoms with Crippen LogP contribution in [0.15, 0.2) is 146 Å². The third kappa shape index (κ3) is 33.3. The van der Waals surface area contributed by atoms with E-state index in [4.69, 9.17) is 147 Å². The normalized spacial score (nSPS) is 8.13. The Bertz CT molecular complexity index is 4630. The molecule has 0 aliphatic heterocycles. The van der Waals surface area contributed by atoms with Gasteiger partial charge in [-0.15, -0.1) is 51.4 Å². The molecule has 0 N–H and O–H groups in total. The number of hydrogen-bond donors (Lipinski definition) is 0. The zero-order valence-corrected chi connectivity index (χ0v) is 53.6. The number of para-hydroxylation sites is 1. The molecule has 0 saturated carbocycles. The van der Waals surface area contributed by atoms with Crippen LogP contribution in [-0.2, 0) is 0 Å². The van der Waals surface area contributed by atoms with E-state index >= 15 is 0 Å². The van der Waals surface area contributed by atoms with E-state index in [1.807, 2.05) is 54.6 Å². The molecule has 0 aliphatic rings. The van der Waals surface area contributed by atoms with Crippen LogP contribution < -0.4 is 37.9 Å². The van der Waals surface area contributed by atoms with Gasteiger partial charge in [-0.3, -0.25) is 4.98 Å². The maximum Gasteiger partial charge on any atom is 0.234 e.